The second-order valence-electron chi connectivity index (χ2n) is 2.88. The van der Waals surface area contributed by atoms with E-state index in [1.54, 1.807) is 0 Å². The standard InChI is InChI=1S/C8H11N3O4S/c1-15-3-4(7(13)14)16-8-10-5(9)2-6(12)11-8/h2,4H,3H2,1H3,(H,13,14)(H3,9,10,11,12). The van der Waals surface area contributed by atoms with Crippen molar-refractivity contribution in [2.75, 3.05) is 19.5 Å². The first-order valence-corrected chi connectivity index (χ1v) is 5.16. The highest BCUT2D eigenvalue weighted by molar-refractivity contribution is 8.00. The van der Waals surface area contributed by atoms with E-state index in [1.165, 1.54) is 7.11 Å². The summed E-state index contributed by atoms with van der Waals surface area (Å²) >= 11 is 0.879. The summed E-state index contributed by atoms with van der Waals surface area (Å²) in [5.41, 5.74) is 4.94. The van der Waals surface area contributed by atoms with Crippen LogP contribution in [0.5, 0.6) is 0 Å². The van der Waals surface area contributed by atoms with E-state index in [2.05, 4.69) is 9.97 Å². The number of anilines is 1. The molecule has 88 valence electrons. The van der Waals surface area contributed by atoms with Crippen molar-refractivity contribution in [3.63, 3.8) is 0 Å². The van der Waals surface area contributed by atoms with E-state index in [0.717, 1.165) is 17.8 Å². The van der Waals surface area contributed by atoms with Crippen LogP contribution in [0, 0.1) is 0 Å². The summed E-state index contributed by atoms with van der Waals surface area (Å²) in [4.78, 5) is 28.1. The topological polar surface area (TPSA) is 118 Å². The Labute approximate surface area is 95.0 Å². The fourth-order valence-electron chi connectivity index (χ4n) is 0.951. The maximum absolute atomic E-state index is 11.1. The van der Waals surface area contributed by atoms with Gasteiger partial charge in [0.2, 0.25) is 0 Å². The van der Waals surface area contributed by atoms with Gasteiger partial charge in [-0.25, -0.2) is 4.98 Å². The summed E-state index contributed by atoms with van der Waals surface area (Å²) in [6.07, 6.45) is 0. The molecule has 0 aliphatic carbocycles. The minimum absolute atomic E-state index is 0.0124. The minimum Gasteiger partial charge on any atom is -0.480 e. The molecule has 1 heterocycles. The Morgan fingerprint density at radius 1 is 1.81 bits per heavy atom. The van der Waals surface area contributed by atoms with Gasteiger partial charge in [0.05, 0.1) is 6.61 Å². The van der Waals surface area contributed by atoms with Gasteiger partial charge in [-0.3, -0.25) is 9.59 Å². The lowest BCUT2D eigenvalue weighted by molar-refractivity contribution is -0.137. The van der Waals surface area contributed by atoms with Gasteiger partial charge in [-0.15, -0.1) is 0 Å². The number of nitrogen functional groups attached to an aromatic ring is 1. The SMILES string of the molecule is COCC(Sc1nc(N)cc(=O)[nH]1)C(=O)O. The second-order valence-corrected chi connectivity index (χ2v) is 4.07. The smallest absolute Gasteiger partial charge is 0.319 e. The minimum atomic E-state index is -1.04. The number of nitrogens with two attached hydrogens (primary N) is 1. The van der Waals surface area contributed by atoms with Crippen LogP contribution in [0.1, 0.15) is 0 Å². The molecular weight excluding hydrogens is 234 g/mol. The number of carbonyl (C=O) groups is 1. The third kappa shape index (κ3) is 3.55. The summed E-state index contributed by atoms with van der Waals surface area (Å²) in [5.74, 6) is -0.996. The van der Waals surface area contributed by atoms with Crippen LogP contribution in [0.2, 0.25) is 0 Å². The predicted octanol–water partition coefficient (Wildman–Crippen LogP) is -0.456. The molecule has 7 nitrogen and oxygen atoms in total. The van der Waals surface area contributed by atoms with Crippen LogP contribution < -0.4 is 11.3 Å². The van der Waals surface area contributed by atoms with Crippen molar-refractivity contribution in [2.24, 2.45) is 0 Å². The lowest BCUT2D eigenvalue weighted by atomic mass is 10.5. The lowest BCUT2D eigenvalue weighted by Gasteiger charge is -2.09. The number of H-pyrrole nitrogens is 1. The molecular formula is C8H11N3O4S. The highest BCUT2D eigenvalue weighted by Crippen LogP contribution is 2.19. The van der Waals surface area contributed by atoms with E-state index in [-0.39, 0.29) is 17.6 Å². The monoisotopic (exact) mass is 245 g/mol. The van der Waals surface area contributed by atoms with Crippen LogP contribution in [-0.4, -0.2) is 40.0 Å². The van der Waals surface area contributed by atoms with Crippen molar-refractivity contribution >= 4 is 23.5 Å². The van der Waals surface area contributed by atoms with E-state index >= 15 is 0 Å². The summed E-state index contributed by atoms with van der Waals surface area (Å²) in [7, 11) is 1.39. The molecule has 8 heteroatoms. The fraction of sp³-hybridized carbons (Fsp3) is 0.375. The first-order chi connectivity index (χ1) is 7.52. The van der Waals surface area contributed by atoms with E-state index in [1.807, 2.05) is 0 Å². The molecule has 0 bridgehead atoms. The number of hydrogen-bond acceptors (Lipinski definition) is 6. The van der Waals surface area contributed by atoms with E-state index < -0.39 is 16.8 Å². The Morgan fingerprint density at radius 3 is 3.00 bits per heavy atom. The number of carboxylic acids is 1. The number of aliphatic carboxylic acids is 1. The summed E-state index contributed by atoms with van der Waals surface area (Å²) < 4.78 is 4.75. The zero-order valence-corrected chi connectivity index (χ0v) is 9.28. The number of nitrogens with zero attached hydrogens (tertiary/aromatic N) is 1. The van der Waals surface area contributed by atoms with E-state index in [9.17, 15) is 9.59 Å². The van der Waals surface area contributed by atoms with Crippen LogP contribution in [0.3, 0.4) is 0 Å². The molecule has 0 saturated carbocycles. The van der Waals surface area contributed by atoms with Crippen LogP contribution in [0.25, 0.3) is 0 Å². The number of rotatable bonds is 5. The van der Waals surface area contributed by atoms with Gasteiger partial charge in [0, 0.05) is 13.2 Å². The van der Waals surface area contributed by atoms with Gasteiger partial charge in [-0.1, -0.05) is 11.8 Å². The summed E-state index contributed by atoms with van der Waals surface area (Å²) in [5, 5.41) is 8.18. The number of ether oxygens (including phenoxy) is 1. The number of methoxy groups -OCH3 is 1. The molecule has 0 amide bonds. The van der Waals surface area contributed by atoms with Crippen molar-refractivity contribution in [3.05, 3.63) is 16.4 Å². The summed E-state index contributed by atoms with van der Waals surface area (Å²) in [6, 6.07) is 1.12. The van der Waals surface area contributed by atoms with Gasteiger partial charge >= 0.3 is 5.97 Å². The molecule has 1 rings (SSSR count). The van der Waals surface area contributed by atoms with Crippen molar-refractivity contribution in [1.29, 1.82) is 0 Å². The first-order valence-electron chi connectivity index (χ1n) is 4.28. The number of aromatic nitrogens is 2. The van der Waals surface area contributed by atoms with Crippen molar-refractivity contribution in [2.45, 2.75) is 10.4 Å². The van der Waals surface area contributed by atoms with Crippen LogP contribution in [0.15, 0.2) is 16.0 Å². The molecule has 1 aromatic heterocycles. The number of thioether (sulfide) groups is 1. The Bertz CT molecular complexity index is 434. The highest BCUT2D eigenvalue weighted by Gasteiger charge is 2.20. The number of carboxylic acid groups (broad SMARTS) is 1. The van der Waals surface area contributed by atoms with Gasteiger partial charge < -0.3 is 20.6 Å². The Hall–Kier alpha value is -1.54. The van der Waals surface area contributed by atoms with Crippen LogP contribution >= 0.6 is 11.8 Å². The van der Waals surface area contributed by atoms with Gasteiger partial charge in [0.15, 0.2) is 5.16 Å². The molecule has 0 saturated heterocycles. The molecule has 1 atom stereocenters. The van der Waals surface area contributed by atoms with Crippen molar-refractivity contribution < 1.29 is 14.6 Å². The fourth-order valence-corrected chi connectivity index (χ4v) is 1.84. The van der Waals surface area contributed by atoms with E-state index in [4.69, 9.17) is 15.6 Å². The zero-order valence-electron chi connectivity index (χ0n) is 8.47. The number of hydrogen-bond donors (Lipinski definition) is 3. The van der Waals surface area contributed by atoms with Crippen molar-refractivity contribution in [1.82, 2.24) is 9.97 Å². The number of aromatic amines is 1. The lowest BCUT2D eigenvalue weighted by Crippen LogP contribution is -2.23. The molecule has 1 aromatic rings. The molecule has 0 fully saturated rings. The van der Waals surface area contributed by atoms with Crippen molar-refractivity contribution in [3.8, 4) is 0 Å². The van der Waals surface area contributed by atoms with Crippen LogP contribution in [-0.2, 0) is 9.53 Å². The van der Waals surface area contributed by atoms with Gasteiger partial charge in [0.1, 0.15) is 11.1 Å². The second kappa shape index (κ2) is 5.52. The first kappa shape index (κ1) is 12.5. The molecule has 0 aromatic carbocycles. The maximum atomic E-state index is 11.1. The average molecular weight is 245 g/mol. The molecule has 16 heavy (non-hydrogen) atoms. The van der Waals surface area contributed by atoms with Gasteiger partial charge in [-0.2, -0.15) is 0 Å². The highest BCUT2D eigenvalue weighted by atomic mass is 32.2. The molecule has 0 aliphatic rings. The predicted molar refractivity (Wildman–Crippen MR) is 58.4 cm³/mol. The van der Waals surface area contributed by atoms with Crippen LogP contribution in [0.4, 0.5) is 5.82 Å². The third-order valence-electron chi connectivity index (χ3n) is 1.59. The third-order valence-corrected chi connectivity index (χ3v) is 2.63. The molecule has 4 N–H and O–H groups in total. The largest absolute Gasteiger partial charge is 0.480 e. The summed E-state index contributed by atoms with van der Waals surface area (Å²) in [6.45, 7) is 0.0124. The molecule has 0 spiro atoms. The molecule has 0 radical (unpaired) electrons. The normalized spacial score (nSPS) is 12.3. The quantitative estimate of drug-likeness (QED) is 0.474. The van der Waals surface area contributed by atoms with Gasteiger partial charge in [-0.05, 0) is 0 Å². The Morgan fingerprint density at radius 2 is 2.50 bits per heavy atom. The number of nitrogens with one attached hydrogen (secondary N) is 1. The average Bonchev–Trinajstić information content (AvgIpc) is 2.15. The van der Waals surface area contributed by atoms with Gasteiger partial charge in [0.25, 0.3) is 5.56 Å². The Balaban J connectivity index is 2.84. The zero-order chi connectivity index (χ0) is 12.1. The van der Waals surface area contributed by atoms with E-state index in [0.29, 0.717) is 0 Å². The molecule has 1 unspecified atom stereocenters. The Kier molecular flexibility index (Phi) is 4.32. The molecule has 0 aliphatic heterocycles. The maximum Gasteiger partial charge on any atom is 0.319 e.